The maximum atomic E-state index is 12.7. The van der Waals surface area contributed by atoms with Crippen molar-refractivity contribution in [3.05, 3.63) is 35.9 Å². The van der Waals surface area contributed by atoms with E-state index in [1.165, 1.54) is 4.90 Å². The Kier molecular flexibility index (Phi) is 4.07. The molecule has 122 valence electrons. The number of hydrogen-bond donors (Lipinski definition) is 0. The lowest BCUT2D eigenvalue weighted by Gasteiger charge is -2.23. The first kappa shape index (κ1) is 15.5. The molecule has 6 heteroatoms. The number of nitrogens with zero attached hydrogens (tertiary/aromatic N) is 3. The molecule has 3 amide bonds. The molecule has 1 aromatic carbocycles. The summed E-state index contributed by atoms with van der Waals surface area (Å²) in [7, 11) is 0. The Bertz CT molecular complexity index is 642. The maximum absolute atomic E-state index is 12.7. The highest BCUT2D eigenvalue weighted by Gasteiger charge is 2.44. The molecule has 0 saturated carbocycles. The van der Waals surface area contributed by atoms with Crippen LogP contribution in [0.15, 0.2) is 35.5 Å². The number of oxime groups is 1. The Labute approximate surface area is 135 Å². The second-order valence-corrected chi connectivity index (χ2v) is 6.22. The number of carbonyl (C=O) groups excluding carboxylic acids is 2. The van der Waals surface area contributed by atoms with Crippen LogP contribution in [-0.2, 0) is 9.63 Å². The van der Waals surface area contributed by atoms with Crippen molar-refractivity contribution in [2.24, 2.45) is 11.1 Å². The van der Waals surface area contributed by atoms with Gasteiger partial charge in [0.1, 0.15) is 0 Å². The molecule has 0 unspecified atom stereocenters. The van der Waals surface area contributed by atoms with E-state index in [1.807, 2.05) is 51.1 Å². The molecule has 1 saturated heterocycles. The highest BCUT2D eigenvalue weighted by atomic mass is 16.6. The monoisotopic (exact) mass is 315 g/mol. The second-order valence-electron chi connectivity index (χ2n) is 6.22. The van der Waals surface area contributed by atoms with Gasteiger partial charge in [-0.1, -0.05) is 42.4 Å². The molecule has 1 fully saturated rings. The van der Waals surface area contributed by atoms with Crippen LogP contribution in [0.4, 0.5) is 4.79 Å². The molecular formula is C17H21N3O3. The van der Waals surface area contributed by atoms with E-state index in [9.17, 15) is 9.59 Å². The third kappa shape index (κ3) is 2.69. The van der Waals surface area contributed by atoms with Crippen LogP contribution >= 0.6 is 0 Å². The molecule has 0 aromatic heterocycles. The van der Waals surface area contributed by atoms with Gasteiger partial charge in [-0.25, -0.2) is 4.79 Å². The Balaban J connectivity index is 1.72. The molecule has 0 bridgehead atoms. The van der Waals surface area contributed by atoms with Gasteiger partial charge < -0.3 is 9.74 Å². The van der Waals surface area contributed by atoms with Gasteiger partial charge in [0.15, 0.2) is 0 Å². The molecule has 0 radical (unpaired) electrons. The zero-order chi connectivity index (χ0) is 16.6. The molecule has 6 nitrogen and oxygen atoms in total. The van der Waals surface area contributed by atoms with Crippen molar-refractivity contribution in [2.75, 3.05) is 13.1 Å². The van der Waals surface area contributed by atoms with E-state index in [0.717, 1.165) is 11.3 Å². The van der Waals surface area contributed by atoms with Crippen LogP contribution in [0, 0.1) is 5.92 Å². The lowest BCUT2D eigenvalue weighted by molar-refractivity contribution is -0.140. The molecule has 3 rings (SSSR count). The van der Waals surface area contributed by atoms with Gasteiger partial charge in [-0.15, -0.1) is 0 Å². The predicted octanol–water partition coefficient (Wildman–Crippen LogP) is 2.10. The van der Waals surface area contributed by atoms with Gasteiger partial charge in [0.05, 0.1) is 11.6 Å². The third-order valence-electron chi connectivity index (χ3n) is 4.39. The maximum Gasteiger partial charge on any atom is 0.327 e. The number of hydrogen-bond acceptors (Lipinski definition) is 4. The quantitative estimate of drug-likeness (QED) is 0.858. The van der Waals surface area contributed by atoms with Crippen LogP contribution in [0.5, 0.6) is 0 Å². The summed E-state index contributed by atoms with van der Waals surface area (Å²) in [6.45, 7) is 6.76. The molecular weight excluding hydrogens is 294 g/mol. The number of urea groups is 1. The van der Waals surface area contributed by atoms with Gasteiger partial charge in [0, 0.05) is 19.1 Å². The Morgan fingerprint density at radius 1 is 1.26 bits per heavy atom. The van der Waals surface area contributed by atoms with E-state index >= 15 is 0 Å². The van der Waals surface area contributed by atoms with E-state index in [4.69, 9.17) is 4.84 Å². The highest BCUT2D eigenvalue weighted by molar-refractivity contribution is 6.07. The van der Waals surface area contributed by atoms with E-state index in [1.54, 1.807) is 4.90 Å². The van der Waals surface area contributed by atoms with Gasteiger partial charge in [0.2, 0.25) is 6.10 Å². The Hall–Kier alpha value is -2.37. The van der Waals surface area contributed by atoms with E-state index in [2.05, 4.69) is 5.16 Å². The molecule has 23 heavy (non-hydrogen) atoms. The summed E-state index contributed by atoms with van der Waals surface area (Å²) in [6.07, 6.45) is -0.735. The Morgan fingerprint density at radius 2 is 1.96 bits per heavy atom. The summed E-state index contributed by atoms with van der Waals surface area (Å²) in [5, 5.41) is 4.08. The summed E-state index contributed by atoms with van der Waals surface area (Å²) >= 11 is 0. The van der Waals surface area contributed by atoms with E-state index < -0.39 is 6.10 Å². The molecule has 2 heterocycles. The number of carbonyl (C=O) groups is 2. The predicted molar refractivity (Wildman–Crippen MR) is 86.0 cm³/mol. The van der Waals surface area contributed by atoms with Gasteiger partial charge >= 0.3 is 6.03 Å². The van der Waals surface area contributed by atoms with Gasteiger partial charge in [0.25, 0.3) is 5.91 Å². The highest BCUT2D eigenvalue weighted by Crippen LogP contribution is 2.26. The molecule has 1 aromatic rings. The molecule has 2 atom stereocenters. The van der Waals surface area contributed by atoms with Crippen molar-refractivity contribution >= 4 is 17.6 Å². The SMILES string of the molecule is CC(C)N1CCN(C(=O)[C@@H]2ON=C(c3ccccc3)[C@H]2C)C1=O. The van der Waals surface area contributed by atoms with Crippen molar-refractivity contribution < 1.29 is 14.4 Å². The van der Waals surface area contributed by atoms with Crippen molar-refractivity contribution in [1.29, 1.82) is 0 Å². The van der Waals surface area contributed by atoms with Gasteiger partial charge in [-0.2, -0.15) is 0 Å². The first-order valence-electron chi connectivity index (χ1n) is 7.92. The average Bonchev–Trinajstić information content (AvgIpc) is 3.11. The second kappa shape index (κ2) is 6.02. The fourth-order valence-corrected chi connectivity index (χ4v) is 3.01. The minimum atomic E-state index is -0.735. The van der Waals surface area contributed by atoms with Crippen molar-refractivity contribution in [3.8, 4) is 0 Å². The van der Waals surface area contributed by atoms with Crippen LogP contribution in [0.1, 0.15) is 26.3 Å². The summed E-state index contributed by atoms with van der Waals surface area (Å²) in [4.78, 5) is 33.4. The summed E-state index contributed by atoms with van der Waals surface area (Å²) in [5.41, 5.74) is 1.68. The fraction of sp³-hybridized carbons (Fsp3) is 0.471. The number of rotatable bonds is 3. The first-order valence-corrected chi connectivity index (χ1v) is 7.92. The zero-order valence-electron chi connectivity index (χ0n) is 13.6. The van der Waals surface area contributed by atoms with Crippen LogP contribution in [0.25, 0.3) is 0 Å². The summed E-state index contributed by atoms with van der Waals surface area (Å²) in [5.74, 6) is -0.494. The standard InChI is InChI=1S/C17H21N3O3/c1-11(2)19-9-10-20(17(19)22)16(21)15-12(3)14(18-23-15)13-7-5-4-6-8-13/h4-8,11-12,15H,9-10H2,1-3H3/t12-,15-/m1/s1. The fourth-order valence-electron chi connectivity index (χ4n) is 3.01. The molecule has 2 aliphatic rings. The minimum absolute atomic E-state index is 0.0818. The molecule has 2 aliphatic heterocycles. The zero-order valence-corrected chi connectivity index (χ0v) is 13.6. The van der Waals surface area contributed by atoms with Crippen LogP contribution in [0.3, 0.4) is 0 Å². The number of imide groups is 1. The third-order valence-corrected chi connectivity index (χ3v) is 4.39. The minimum Gasteiger partial charge on any atom is -0.381 e. The van der Waals surface area contributed by atoms with Crippen LogP contribution in [-0.4, -0.2) is 52.7 Å². The number of benzene rings is 1. The lowest BCUT2D eigenvalue weighted by atomic mass is 9.93. The Morgan fingerprint density at radius 3 is 2.57 bits per heavy atom. The van der Waals surface area contributed by atoms with E-state index in [0.29, 0.717) is 13.1 Å². The molecule has 0 aliphatic carbocycles. The van der Waals surface area contributed by atoms with E-state index in [-0.39, 0.29) is 23.9 Å². The van der Waals surface area contributed by atoms with Crippen molar-refractivity contribution in [3.63, 3.8) is 0 Å². The largest absolute Gasteiger partial charge is 0.381 e. The number of amides is 3. The topological polar surface area (TPSA) is 62.2 Å². The average molecular weight is 315 g/mol. The normalized spacial score (nSPS) is 24.2. The molecule has 0 N–H and O–H groups in total. The lowest BCUT2D eigenvalue weighted by Crippen LogP contribution is -2.45. The van der Waals surface area contributed by atoms with Crippen LogP contribution in [0.2, 0.25) is 0 Å². The first-order chi connectivity index (χ1) is 11.0. The van der Waals surface area contributed by atoms with Gasteiger partial charge in [-0.3, -0.25) is 9.69 Å². The van der Waals surface area contributed by atoms with Crippen molar-refractivity contribution in [1.82, 2.24) is 9.80 Å². The smallest absolute Gasteiger partial charge is 0.327 e. The van der Waals surface area contributed by atoms with Crippen LogP contribution < -0.4 is 0 Å². The molecule has 0 spiro atoms. The summed E-state index contributed by atoms with van der Waals surface area (Å²) in [6, 6.07) is 9.48. The summed E-state index contributed by atoms with van der Waals surface area (Å²) < 4.78 is 0. The van der Waals surface area contributed by atoms with Gasteiger partial charge in [-0.05, 0) is 19.4 Å². The van der Waals surface area contributed by atoms with Crippen molar-refractivity contribution in [2.45, 2.75) is 32.9 Å².